The number of carbonyl (C=O) groups excluding carboxylic acids is 1. The fourth-order valence-electron chi connectivity index (χ4n) is 3.50. The molecule has 0 aliphatic heterocycles. The molecule has 0 aliphatic rings. The normalized spacial score (nSPS) is 10.9. The van der Waals surface area contributed by atoms with Crippen molar-refractivity contribution in [2.45, 2.75) is 25.0 Å². The van der Waals surface area contributed by atoms with E-state index in [2.05, 4.69) is 18.8 Å². The van der Waals surface area contributed by atoms with Crippen LogP contribution in [0.4, 0.5) is 5.69 Å². The summed E-state index contributed by atoms with van der Waals surface area (Å²) < 4.78 is 1.59. The largest absolute Gasteiger partial charge is 0.325 e. The van der Waals surface area contributed by atoms with Gasteiger partial charge in [0, 0.05) is 23.2 Å². The van der Waals surface area contributed by atoms with Gasteiger partial charge >= 0.3 is 0 Å². The molecule has 0 saturated carbocycles. The summed E-state index contributed by atoms with van der Waals surface area (Å²) in [7, 11) is 0. The quantitative estimate of drug-likeness (QED) is 0.211. The number of para-hydroxylation sites is 1. The number of allylic oxidation sites excluding steroid dienone is 1. The Kier molecular flexibility index (Phi) is 6.87. The standard InChI is InChI=1S/C25H23N3O2S2/c1-3-14-28-24(30)22-19(18-11-6-5-7-12-18)15-31-23(22)27-25(28)32-16-21(29)26-20-13-9-8-10-17(20)4-2/h3,5-13,15H,1,4,14,16H2,2H3,(H,26,29). The minimum absolute atomic E-state index is 0.116. The summed E-state index contributed by atoms with van der Waals surface area (Å²) in [5, 5.41) is 6.06. The predicted octanol–water partition coefficient (Wildman–Crippen LogP) is 5.60. The first kappa shape index (κ1) is 22.0. The molecule has 4 rings (SSSR count). The van der Waals surface area contributed by atoms with Gasteiger partial charge in [-0.25, -0.2) is 4.98 Å². The van der Waals surface area contributed by atoms with Gasteiger partial charge in [-0.15, -0.1) is 17.9 Å². The van der Waals surface area contributed by atoms with Gasteiger partial charge in [-0.3, -0.25) is 14.2 Å². The van der Waals surface area contributed by atoms with Crippen molar-refractivity contribution in [2.75, 3.05) is 11.1 Å². The number of nitrogens with one attached hydrogen (secondary N) is 1. The number of hydrogen-bond donors (Lipinski definition) is 1. The van der Waals surface area contributed by atoms with E-state index in [1.54, 1.807) is 10.6 Å². The highest BCUT2D eigenvalue weighted by atomic mass is 32.2. The van der Waals surface area contributed by atoms with Crippen molar-refractivity contribution in [3.8, 4) is 11.1 Å². The number of benzene rings is 2. The highest BCUT2D eigenvalue weighted by Gasteiger charge is 2.18. The Morgan fingerprint density at radius 1 is 1.19 bits per heavy atom. The number of aryl methyl sites for hydroxylation is 1. The number of rotatable bonds is 8. The van der Waals surface area contributed by atoms with Crippen molar-refractivity contribution in [3.63, 3.8) is 0 Å². The first-order valence-corrected chi connectivity index (χ1v) is 12.2. The van der Waals surface area contributed by atoms with E-state index in [4.69, 9.17) is 4.98 Å². The summed E-state index contributed by atoms with van der Waals surface area (Å²) in [5.41, 5.74) is 3.65. The molecule has 1 N–H and O–H groups in total. The minimum atomic E-state index is -0.133. The van der Waals surface area contributed by atoms with E-state index in [1.165, 1.54) is 23.1 Å². The van der Waals surface area contributed by atoms with Gasteiger partial charge in [0.25, 0.3) is 5.56 Å². The van der Waals surface area contributed by atoms with Crippen molar-refractivity contribution in [3.05, 3.63) is 88.5 Å². The molecule has 0 radical (unpaired) electrons. The van der Waals surface area contributed by atoms with E-state index in [9.17, 15) is 9.59 Å². The third-order valence-corrected chi connectivity index (χ3v) is 6.91. The number of aromatic nitrogens is 2. The van der Waals surface area contributed by atoms with Crippen molar-refractivity contribution in [2.24, 2.45) is 0 Å². The minimum Gasteiger partial charge on any atom is -0.325 e. The summed E-state index contributed by atoms with van der Waals surface area (Å²) in [6.07, 6.45) is 2.51. The lowest BCUT2D eigenvalue weighted by atomic mass is 10.1. The van der Waals surface area contributed by atoms with Gasteiger partial charge in [0.2, 0.25) is 5.91 Å². The molecule has 2 aromatic carbocycles. The molecule has 2 heterocycles. The van der Waals surface area contributed by atoms with Gasteiger partial charge in [0.1, 0.15) is 4.83 Å². The highest BCUT2D eigenvalue weighted by molar-refractivity contribution is 7.99. The second-order valence-corrected chi connectivity index (χ2v) is 8.94. The number of fused-ring (bicyclic) bond motifs is 1. The van der Waals surface area contributed by atoms with Crippen LogP contribution in [0.2, 0.25) is 0 Å². The third-order valence-electron chi connectivity index (χ3n) is 5.06. The lowest BCUT2D eigenvalue weighted by molar-refractivity contribution is -0.113. The lowest BCUT2D eigenvalue weighted by Crippen LogP contribution is -2.23. The molecule has 1 amide bonds. The SMILES string of the molecule is C=CCn1c(SCC(=O)Nc2ccccc2CC)nc2scc(-c3ccccc3)c2c1=O. The Bertz CT molecular complexity index is 1330. The van der Waals surface area contributed by atoms with Gasteiger partial charge in [0.05, 0.1) is 11.1 Å². The number of thioether (sulfide) groups is 1. The fourth-order valence-corrected chi connectivity index (χ4v) is 5.30. The second kappa shape index (κ2) is 9.97. The third kappa shape index (κ3) is 4.54. The number of thiophene rings is 1. The smallest absolute Gasteiger partial charge is 0.263 e. The topological polar surface area (TPSA) is 64.0 Å². The van der Waals surface area contributed by atoms with Crippen LogP contribution in [0.3, 0.4) is 0 Å². The van der Waals surface area contributed by atoms with E-state index in [1.807, 2.05) is 60.0 Å². The predicted molar refractivity (Wildman–Crippen MR) is 135 cm³/mol. The van der Waals surface area contributed by atoms with Crippen LogP contribution in [0.1, 0.15) is 12.5 Å². The molecule has 2 aromatic heterocycles. The van der Waals surface area contributed by atoms with Gasteiger partial charge in [0.15, 0.2) is 5.16 Å². The highest BCUT2D eigenvalue weighted by Crippen LogP contribution is 2.32. The van der Waals surface area contributed by atoms with Crippen molar-refractivity contribution < 1.29 is 4.79 Å². The zero-order chi connectivity index (χ0) is 22.5. The van der Waals surface area contributed by atoms with Crippen LogP contribution in [0.15, 0.2) is 82.6 Å². The Labute approximate surface area is 194 Å². The van der Waals surface area contributed by atoms with Crippen molar-refractivity contribution in [1.29, 1.82) is 0 Å². The molecule has 32 heavy (non-hydrogen) atoms. The number of amides is 1. The average Bonchev–Trinajstić information content (AvgIpc) is 3.25. The Morgan fingerprint density at radius 3 is 2.69 bits per heavy atom. The number of nitrogens with zero attached hydrogens (tertiary/aromatic N) is 2. The van der Waals surface area contributed by atoms with E-state index < -0.39 is 0 Å². The summed E-state index contributed by atoms with van der Waals surface area (Å²) >= 11 is 2.70. The maximum atomic E-state index is 13.4. The Hall–Kier alpha value is -3.16. The first-order valence-electron chi connectivity index (χ1n) is 10.3. The fraction of sp³-hybridized carbons (Fsp3) is 0.160. The van der Waals surface area contributed by atoms with E-state index in [0.29, 0.717) is 21.9 Å². The monoisotopic (exact) mass is 461 g/mol. The molecule has 5 nitrogen and oxygen atoms in total. The number of carbonyl (C=O) groups is 1. The summed E-state index contributed by atoms with van der Waals surface area (Å²) in [6, 6.07) is 17.6. The molecule has 0 unspecified atom stereocenters. The maximum Gasteiger partial charge on any atom is 0.263 e. The van der Waals surface area contributed by atoms with Gasteiger partial charge in [-0.2, -0.15) is 0 Å². The number of hydrogen-bond acceptors (Lipinski definition) is 5. The van der Waals surface area contributed by atoms with Crippen molar-refractivity contribution in [1.82, 2.24) is 9.55 Å². The molecule has 0 fully saturated rings. The van der Waals surface area contributed by atoms with Gasteiger partial charge < -0.3 is 5.32 Å². The van der Waals surface area contributed by atoms with Crippen LogP contribution in [-0.2, 0) is 17.8 Å². The van der Waals surface area contributed by atoms with E-state index >= 15 is 0 Å². The molecule has 162 valence electrons. The van der Waals surface area contributed by atoms with Crippen LogP contribution < -0.4 is 10.9 Å². The van der Waals surface area contributed by atoms with E-state index in [0.717, 1.165) is 28.8 Å². The molecule has 0 spiro atoms. The molecule has 0 atom stereocenters. The van der Waals surface area contributed by atoms with Gasteiger partial charge in [-0.05, 0) is 23.6 Å². The van der Waals surface area contributed by atoms with E-state index in [-0.39, 0.29) is 17.2 Å². The molecule has 7 heteroatoms. The zero-order valence-corrected chi connectivity index (χ0v) is 19.3. The zero-order valence-electron chi connectivity index (χ0n) is 17.7. The van der Waals surface area contributed by atoms with Crippen LogP contribution in [-0.4, -0.2) is 21.2 Å². The van der Waals surface area contributed by atoms with Crippen LogP contribution in [0, 0.1) is 0 Å². The summed E-state index contributed by atoms with van der Waals surface area (Å²) in [6.45, 7) is 6.16. The molecular formula is C25H23N3O2S2. The molecular weight excluding hydrogens is 438 g/mol. The summed E-state index contributed by atoms with van der Waals surface area (Å²) in [5.74, 6) is 0.0240. The maximum absolute atomic E-state index is 13.4. The van der Waals surface area contributed by atoms with Crippen LogP contribution in [0.25, 0.3) is 21.3 Å². The number of anilines is 1. The molecule has 0 saturated heterocycles. The first-order chi connectivity index (χ1) is 15.6. The Morgan fingerprint density at radius 2 is 1.94 bits per heavy atom. The molecule has 4 aromatic rings. The lowest BCUT2D eigenvalue weighted by Gasteiger charge is -2.12. The summed E-state index contributed by atoms with van der Waals surface area (Å²) in [4.78, 5) is 31.4. The van der Waals surface area contributed by atoms with Crippen molar-refractivity contribution >= 4 is 44.9 Å². The second-order valence-electron chi connectivity index (χ2n) is 7.14. The van der Waals surface area contributed by atoms with Gasteiger partial charge in [-0.1, -0.05) is 73.3 Å². The average molecular weight is 462 g/mol. The van der Waals surface area contributed by atoms with Crippen LogP contribution >= 0.6 is 23.1 Å². The molecule has 0 aliphatic carbocycles. The molecule has 0 bridgehead atoms. The van der Waals surface area contributed by atoms with Crippen LogP contribution in [0.5, 0.6) is 0 Å². The Balaban J connectivity index is 1.62.